The van der Waals surface area contributed by atoms with Crippen LogP contribution >= 0.6 is 15.9 Å². The van der Waals surface area contributed by atoms with E-state index in [4.69, 9.17) is 4.74 Å². The van der Waals surface area contributed by atoms with E-state index in [1.807, 2.05) is 13.0 Å². The first-order chi connectivity index (χ1) is 11.8. The Bertz CT molecular complexity index is 803. The minimum Gasteiger partial charge on any atom is -0.452 e. The van der Waals surface area contributed by atoms with Crippen LogP contribution in [0.1, 0.15) is 22.8 Å². The number of rotatable bonds is 5. The highest BCUT2D eigenvalue weighted by molar-refractivity contribution is 9.10. The van der Waals surface area contributed by atoms with Gasteiger partial charge in [0.2, 0.25) is 5.91 Å². The molecule has 6 nitrogen and oxygen atoms in total. The summed E-state index contributed by atoms with van der Waals surface area (Å²) in [5.74, 6) is -1.25. The molecule has 0 aliphatic rings. The van der Waals surface area contributed by atoms with E-state index in [2.05, 4.69) is 26.6 Å². The van der Waals surface area contributed by atoms with E-state index >= 15 is 0 Å². The molecular formula is C18H17BrN2O4. The van der Waals surface area contributed by atoms with Gasteiger partial charge in [-0.1, -0.05) is 22.0 Å². The fourth-order valence-electron chi connectivity index (χ4n) is 1.98. The van der Waals surface area contributed by atoms with Crippen LogP contribution in [0.25, 0.3) is 0 Å². The fraction of sp³-hybridized carbons (Fsp3) is 0.167. The molecule has 7 heteroatoms. The van der Waals surface area contributed by atoms with Crippen molar-refractivity contribution < 1.29 is 19.1 Å². The number of hydrogen-bond acceptors (Lipinski definition) is 4. The number of carbonyl (C=O) groups is 3. The third-order valence-electron chi connectivity index (χ3n) is 3.23. The molecule has 0 radical (unpaired) electrons. The van der Waals surface area contributed by atoms with Gasteiger partial charge in [-0.2, -0.15) is 0 Å². The Kier molecular flexibility index (Phi) is 6.30. The highest BCUT2D eigenvalue weighted by atomic mass is 79.9. The van der Waals surface area contributed by atoms with Crippen molar-refractivity contribution in [3.05, 3.63) is 58.1 Å². The number of halogens is 1. The lowest BCUT2D eigenvalue weighted by atomic mass is 10.2. The van der Waals surface area contributed by atoms with Gasteiger partial charge in [0.05, 0.1) is 5.56 Å². The molecule has 2 aromatic rings. The number of ether oxygens (including phenoxy) is 1. The molecule has 0 saturated heterocycles. The van der Waals surface area contributed by atoms with E-state index in [-0.39, 0.29) is 5.91 Å². The van der Waals surface area contributed by atoms with Gasteiger partial charge in [-0.25, -0.2) is 4.79 Å². The van der Waals surface area contributed by atoms with Crippen LogP contribution in [0.3, 0.4) is 0 Å². The highest BCUT2D eigenvalue weighted by Crippen LogP contribution is 2.20. The maximum Gasteiger partial charge on any atom is 0.338 e. The van der Waals surface area contributed by atoms with E-state index in [1.165, 1.54) is 19.1 Å². The fourth-order valence-corrected chi connectivity index (χ4v) is 2.35. The van der Waals surface area contributed by atoms with Gasteiger partial charge in [0.15, 0.2) is 6.61 Å². The first-order valence-electron chi connectivity index (χ1n) is 7.46. The van der Waals surface area contributed by atoms with Crippen molar-refractivity contribution in [2.45, 2.75) is 13.8 Å². The van der Waals surface area contributed by atoms with E-state index in [1.54, 1.807) is 24.3 Å². The lowest BCUT2D eigenvalue weighted by Crippen LogP contribution is -2.21. The Hall–Kier alpha value is -2.67. The van der Waals surface area contributed by atoms with Crippen molar-refractivity contribution in [2.75, 3.05) is 17.2 Å². The maximum atomic E-state index is 11.9. The molecule has 0 aliphatic carbocycles. The zero-order chi connectivity index (χ0) is 18.4. The smallest absolute Gasteiger partial charge is 0.338 e. The molecule has 2 rings (SSSR count). The maximum absolute atomic E-state index is 11.9. The Morgan fingerprint density at radius 3 is 2.24 bits per heavy atom. The Balaban J connectivity index is 1.87. The van der Waals surface area contributed by atoms with Crippen molar-refractivity contribution in [3.8, 4) is 0 Å². The van der Waals surface area contributed by atoms with Crippen molar-refractivity contribution in [1.82, 2.24) is 0 Å². The first-order valence-corrected chi connectivity index (χ1v) is 8.25. The minimum atomic E-state index is -0.616. The Labute approximate surface area is 153 Å². The van der Waals surface area contributed by atoms with Gasteiger partial charge in [-0.3, -0.25) is 9.59 Å². The van der Waals surface area contributed by atoms with E-state index in [0.717, 1.165) is 10.0 Å². The second-order valence-corrected chi connectivity index (χ2v) is 6.20. The second-order valence-electron chi connectivity index (χ2n) is 5.35. The molecule has 0 saturated carbocycles. The molecule has 0 spiro atoms. The number of nitrogens with one attached hydrogen (secondary N) is 2. The second kappa shape index (κ2) is 8.43. The molecule has 0 fully saturated rings. The van der Waals surface area contributed by atoms with Crippen LogP contribution in [0, 0.1) is 6.92 Å². The number of esters is 1. The summed E-state index contributed by atoms with van der Waals surface area (Å²) in [6.45, 7) is 2.94. The molecule has 2 amide bonds. The summed E-state index contributed by atoms with van der Waals surface area (Å²) in [6.07, 6.45) is 0. The molecule has 130 valence electrons. The average Bonchev–Trinajstić information content (AvgIpc) is 2.56. The number of aryl methyl sites for hydroxylation is 1. The summed E-state index contributed by atoms with van der Waals surface area (Å²) < 4.78 is 5.86. The Morgan fingerprint density at radius 1 is 1.00 bits per heavy atom. The zero-order valence-corrected chi connectivity index (χ0v) is 15.3. The van der Waals surface area contributed by atoms with Crippen LogP contribution in [0.15, 0.2) is 46.9 Å². The van der Waals surface area contributed by atoms with Gasteiger partial charge >= 0.3 is 5.97 Å². The van der Waals surface area contributed by atoms with Crippen LogP contribution < -0.4 is 10.6 Å². The molecule has 0 atom stereocenters. The lowest BCUT2D eigenvalue weighted by molar-refractivity contribution is -0.119. The van der Waals surface area contributed by atoms with Crippen molar-refractivity contribution in [1.29, 1.82) is 0 Å². The summed E-state index contributed by atoms with van der Waals surface area (Å²) in [7, 11) is 0. The van der Waals surface area contributed by atoms with Gasteiger partial charge in [0.1, 0.15) is 0 Å². The van der Waals surface area contributed by atoms with Crippen LogP contribution in [0.5, 0.6) is 0 Å². The minimum absolute atomic E-state index is 0.199. The summed E-state index contributed by atoms with van der Waals surface area (Å²) in [6, 6.07) is 11.6. The summed E-state index contributed by atoms with van der Waals surface area (Å²) >= 11 is 3.39. The normalized spacial score (nSPS) is 10.0. The average molecular weight is 405 g/mol. The van der Waals surface area contributed by atoms with Gasteiger partial charge in [-0.05, 0) is 48.9 Å². The summed E-state index contributed by atoms with van der Waals surface area (Å²) in [4.78, 5) is 34.8. The standard InChI is InChI=1S/C18H17BrN2O4/c1-11-3-6-15(9-16(11)19)21-17(23)10-25-18(24)13-4-7-14(8-5-13)20-12(2)22/h3-9H,10H2,1-2H3,(H,20,22)(H,21,23). The van der Waals surface area contributed by atoms with E-state index in [9.17, 15) is 14.4 Å². The van der Waals surface area contributed by atoms with Gasteiger partial charge in [-0.15, -0.1) is 0 Å². The van der Waals surface area contributed by atoms with E-state index < -0.39 is 18.5 Å². The number of hydrogen-bond donors (Lipinski definition) is 2. The first kappa shape index (κ1) is 18.7. The molecule has 0 unspecified atom stereocenters. The molecule has 0 heterocycles. The van der Waals surface area contributed by atoms with Crippen molar-refractivity contribution in [2.24, 2.45) is 0 Å². The van der Waals surface area contributed by atoms with Crippen LogP contribution in [-0.4, -0.2) is 24.4 Å². The summed E-state index contributed by atoms with van der Waals surface area (Å²) in [5.41, 5.74) is 2.53. The SMILES string of the molecule is CC(=O)Nc1ccc(C(=O)OCC(=O)Nc2ccc(C)c(Br)c2)cc1. The number of anilines is 2. The number of amides is 2. The lowest BCUT2D eigenvalue weighted by Gasteiger charge is -2.08. The van der Waals surface area contributed by atoms with Crippen molar-refractivity contribution >= 4 is 45.1 Å². The largest absolute Gasteiger partial charge is 0.452 e. The molecular weight excluding hydrogens is 388 g/mol. The molecule has 0 aromatic heterocycles. The third kappa shape index (κ3) is 5.72. The van der Waals surface area contributed by atoms with E-state index in [0.29, 0.717) is 16.9 Å². The molecule has 2 aromatic carbocycles. The predicted octanol–water partition coefficient (Wildman–Crippen LogP) is 3.51. The van der Waals surface area contributed by atoms with Crippen LogP contribution in [-0.2, 0) is 14.3 Å². The van der Waals surface area contributed by atoms with Gasteiger partial charge in [0.25, 0.3) is 5.91 Å². The molecule has 0 aliphatic heterocycles. The highest BCUT2D eigenvalue weighted by Gasteiger charge is 2.11. The van der Waals surface area contributed by atoms with Crippen LogP contribution in [0.4, 0.5) is 11.4 Å². The number of benzene rings is 2. The van der Waals surface area contributed by atoms with Crippen LogP contribution in [0.2, 0.25) is 0 Å². The molecule has 2 N–H and O–H groups in total. The van der Waals surface area contributed by atoms with Crippen molar-refractivity contribution in [3.63, 3.8) is 0 Å². The molecule has 0 bridgehead atoms. The quantitative estimate of drug-likeness (QED) is 0.746. The molecule has 25 heavy (non-hydrogen) atoms. The third-order valence-corrected chi connectivity index (χ3v) is 4.09. The van der Waals surface area contributed by atoms with Gasteiger partial charge in [0, 0.05) is 22.8 Å². The zero-order valence-electron chi connectivity index (χ0n) is 13.8. The van der Waals surface area contributed by atoms with Gasteiger partial charge < -0.3 is 15.4 Å². The Morgan fingerprint density at radius 2 is 1.64 bits per heavy atom. The number of carbonyl (C=O) groups excluding carboxylic acids is 3. The topological polar surface area (TPSA) is 84.5 Å². The monoisotopic (exact) mass is 404 g/mol. The predicted molar refractivity (Wildman–Crippen MR) is 98.5 cm³/mol. The summed E-state index contributed by atoms with van der Waals surface area (Å²) in [5, 5.41) is 5.25.